The molecule has 1 aliphatic heterocycles. The van der Waals surface area contributed by atoms with Crippen LogP contribution in [0.25, 0.3) is 0 Å². The molecule has 1 saturated heterocycles. The topological polar surface area (TPSA) is 112 Å². The van der Waals surface area contributed by atoms with Crippen molar-refractivity contribution in [3.05, 3.63) is 78.0 Å². The number of hydrogen-bond donors (Lipinski definition) is 0. The van der Waals surface area contributed by atoms with Gasteiger partial charge in [0.15, 0.2) is 23.9 Å². The first-order valence-electron chi connectivity index (χ1n) is 10.9. The van der Waals surface area contributed by atoms with Crippen LogP contribution in [-0.4, -0.2) is 54.6 Å². The smallest absolute Gasteiger partial charge is 0.338 e. The van der Waals surface area contributed by atoms with Crippen molar-refractivity contribution < 1.29 is 33.4 Å². The summed E-state index contributed by atoms with van der Waals surface area (Å²) in [6.45, 7) is -0.467. The second-order valence-corrected chi connectivity index (χ2v) is 8.88. The Labute approximate surface area is 211 Å². The normalized spacial score (nSPS) is 15.1. The molecule has 2 amide bonds. The lowest BCUT2D eigenvalue weighted by atomic mass is 10.1. The number of imide groups is 1. The Kier molecular flexibility index (Phi) is 7.65. The van der Waals surface area contributed by atoms with Crippen LogP contribution >= 0.6 is 11.8 Å². The van der Waals surface area contributed by atoms with Crippen LogP contribution in [0.2, 0.25) is 0 Å². The molecule has 0 spiro atoms. The van der Waals surface area contributed by atoms with E-state index < -0.39 is 23.6 Å². The summed E-state index contributed by atoms with van der Waals surface area (Å²) < 4.78 is 15.5. The second-order valence-electron chi connectivity index (χ2n) is 7.66. The maximum Gasteiger partial charge on any atom is 0.338 e. The lowest BCUT2D eigenvalue weighted by molar-refractivity contribution is -0.121. The maximum atomic E-state index is 12.8. The van der Waals surface area contributed by atoms with E-state index in [9.17, 15) is 19.2 Å². The molecule has 1 unspecified atom stereocenters. The quantitative estimate of drug-likeness (QED) is 0.244. The largest absolute Gasteiger partial charge is 0.493 e. The summed E-state index contributed by atoms with van der Waals surface area (Å²) >= 11 is 1.24. The molecule has 0 aliphatic carbocycles. The van der Waals surface area contributed by atoms with Gasteiger partial charge in [-0.2, -0.15) is 0 Å². The minimum Gasteiger partial charge on any atom is -0.493 e. The number of Topliss-reactive ketones (excluding diaryl/α,β-unsaturated/α-hetero) is 1. The van der Waals surface area contributed by atoms with Crippen LogP contribution in [-0.2, 0) is 14.3 Å². The zero-order valence-electron chi connectivity index (χ0n) is 19.5. The standard InChI is InChI=1S/C26H22N2O7S/c1-33-20-11-8-17(13-21(20)34-2)19(29)15-35-26(32)16-6-9-18(10-7-16)28-24(30)14-22(25(28)31)36-23-5-3-4-12-27-23/h3-13,22H,14-15H2,1-2H3. The summed E-state index contributed by atoms with van der Waals surface area (Å²) in [4.78, 5) is 55.6. The molecule has 2 aromatic carbocycles. The minimum absolute atomic E-state index is 0.0577. The number of hydrogen-bond acceptors (Lipinski definition) is 9. The van der Waals surface area contributed by atoms with Crippen molar-refractivity contribution in [1.82, 2.24) is 4.98 Å². The molecule has 1 atom stereocenters. The molecule has 0 radical (unpaired) electrons. The van der Waals surface area contributed by atoms with Gasteiger partial charge in [0.25, 0.3) is 0 Å². The van der Waals surface area contributed by atoms with Gasteiger partial charge in [-0.05, 0) is 54.6 Å². The number of amides is 2. The van der Waals surface area contributed by atoms with E-state index in [1.54, 1.807) is 30.5 Å². The second kappa shape index (κ2) is 11.0. The van der Waals surface area contributed by atoms with Crippen molar-refractivity contribution in [2.45, 2.75) is 16.7 Å². The Bertz CT molecular complexity index is 1300. The number of esters is 1. The maximum absolute atomic E-state index is 12.8. The molecule has 9 nitrogen and oxygen atoms in total. The number of aromatic nitrogens is 1. The third-order valence-electron chi connectivity index (χ3n) is 5.41. The molecule has 0 saturated carbocycles. The third-order valence-corrected chi connectivity index (χ3v) is 6.54. The monoisotopic (exact) mass is 506 g/mol. The Hall–Kier alpha value is -4.18. The Balaban J connectivity index is 1.37. The van der Waals surface area contributed by atoms with E-state index in [1.165, 1.54) is 56.3 Å². The van der Waals surface area contributed by atoms with Gasteiger partial charge < -0.3 is 14.2 Å². The Morgan fingerprint density at radius 1 is 0.972 bits per heavy atom. The van der Waals surface area contributed by atoms with Crippen molar-refractivity contribution >= 4 is 41.0 Å². The molecule has 0 bridgehead atoms. The first-order valence-corrected chi connectivity index (χ1v) is 11.8. The van der Waals surface area contributed by atoms with E-state index in [0.29, 0.717) is 27.8 Å². The molecular weight excluding hydrogens is 484 g/mol. The average Bonchev–Trinajstić information content (AvgIpc) is 3.19. The van der Waals surface area contributed by atoms with Crippen LogP contribution in [0.4, 0.5) is 5.69 Å². The molecule has 2 heterocycles. The first kappa shape index (κ1) is 24.9. The SMILES string of the molecule is COc1ccc(C(=O)COC(=O)c2ccc(N3C(=O)CC(Sc4ccccn4)C3=O)cc2)cc1OC. The number of ketones is 1. The van der Waals surface area contributed by atoms with Crippen LogP contribution < -0.4 is 14.4 Å². The lowest BCUT2D eigenvalue weighted by Gasteiger charge is -2.15. The van der Waals surface area contributed by atoms with E-state index in [1.807, 2.05) is 6.07 Å². The molecule has 1 fully saturated rings. The zero-order valence-corrected chi connectivity index (χ0v) is 20.3. The van der Waals surface area contributed by atoms with E-state index in [2.05, 4.69) is 4.98 Å². The van der Waals surface area contributed by atoms with Gasteiger partial charge in [-0.15, -0.1) is 0 Å². The van der Waals surface area contributed by atoms with Crippen molar-refractivity contribution in [1.29, 1.82) is 0 Å². The summed E-state index contributed by atoms with van der Waals surface area (Å²) in [6.07, 6.45) is 1.68. The fourth-order valence-electron chi connectivity index (χ4n) is 3.58. The molecule has 3 aromatic rings. The van der Waals surface area contributed by atoms with Gasteiger partial charge in [-0.3, -0.25) is 14.4 Å². The molecule has 10 heteroatoms. The average molecular weight is 507 g/mol. The summed E-state index contributed by atoms with van der Waals surface area (Å²) in [5.74, 6) is -0.931. The summed E-state index contributed by atoms with van der Waals surface area (Å²) in [5, 5.41) is 0.0888. The number of rotatable bonds is 9. The van der Waals surface area contributed by atoms with Gasteiger partial charge in [0.05, 0.1) is 35.7 Å². The highest BCUT2D eigenvalue weighted by Crippen LogP contribution is 2.33. The number of thioether (sulfide) groups is 1. The van der Waals surface area contributed by atoms with Crippen LogP contribution in [0, 0.1) is 0 Å². The highest BCUT2D eigenvalue weighted by atomic mass is 32.2. The lowest BCUT2D eigenvalue weighted by Crippen LogP contribution is -2.31. The number of nitrogens with zero attached hydrogens (tertiary/aromatic N) is 2. The van der Waals surface area contributed by atoms with E-state index in [0.717, 1.165) is 4.90 Å². The minimum atomic E-state index is -0.710. The number of pyridine rings is 1. The van der Waals surface area contributed by atoms with Crippen LogP contribution in [0.3, 0.4) is 0 Å². The number of anilines is 1. The Morgan fingerprint density at radius 3 is 2.36 bits per heavy atom. The summed E-state index contributed by atoms with van der Waals surface area (Å²) in [7, 11) is 2.94. The fourth-order valence-corrected chi connectivity index (χ4v) is 4.59. The highest BCUT2D eigenvalue weighted by Gasteiger charge is 2.40. The summed E-state index contributed by atoms with van der Waals surface area (Å²) in [5.41, 5.74) is 0.837. The molecular formula is C26H22N2O7S. The molecule has 36 heavy (non-hydrogen) atoms. The van der Waals surface area contributed by atoms with Crippen LogP contribution in [0.1, 0.15) is 27.1 Å². The van der Waals surface area contributed by atoms with Gasteiger partial charge in [0, 0.05) is 18.2 Å². The molecule has 1 aromatic heterocycles. The van der Waals surface area contributed by atoms with Crippen molar-refractivity contribution in [2.75, 3.05) is 25.7 Å². The highest BCUT2D eigenvalue weighted by molar-refractivity contribution is 8.00. The van der Waals surface area contributed by atoms with E-state index >= 15 is 0 Å². The van der Waals surface area contributed by atoms with E-state index in [-0.39, 0.29) is 23.8 Å². The van der Waals surface area contributed by atoms with Crippen LogP contribution in [0.15, 0.2) is 71.9 Å². The number of ether oxygens (including phenoxy) is 3. The fraction of sp³-hybridized carbons (Fsp3) is 0.192. The predicted molar refractivity (Wildman–Crippen MR) is 132 cm³/mol. The summed E-state index contributed by atoms with van der Waals surface area (Å²) in [6, 6.07) is 15.9. The predicted octanol–water partition coefficient (Wildman–Crippen LogP) is 3.56. The van der Waals surface area contributed by atoms with Gasteiger partial charge in [0.1, 0.15) is 0 Å². The first-order chi connectivity index (χ1) is 17.4. The Morgan fingerprint density at radius 2 is 1.69 bits per heavy atom. The molecule has 0 N–H and O–H groups in total. The molecule has 4 rings (SSSR count). The number of methoxy groups -OCH3 is 2. The van der Waals surface area contributed by atoms with Gasteiger partial charge in [0.2, 0.25) is 11.8 Å². The van der Waals surface area contributed by atoms with Crippen molar-refractivity contribution in [3.63, 3.8) is 0 Å². The number of carbonyl (C=O) groups is 4. The van der Waals surface area contributed by atoms with Crippen LogP contribution in [0.5, 0.6) is 11.5 Å². The molecule has 184 valence electrons. The zero-order chi connectivity index (χ0) is 25.7. The van der Waals surface area contributed by atoms with Gasteiger partial charge in [-0.1, -0.05) is 17.8 Å². The third kappa shape index (κ3) is 5.38. The number of benzene rings is 2. The molecule has 1 aliphatic rings. The number of carbonyl (C=O) groups excluding carboxylic acids is 4. The van der Waals surface area contributed by atoms with Gasteiger partial charge in [-0.25, -0.2) is 14.7 Å². The van der Waals surface area contributed by atoms with E-state index in [4.69, 9.17) is 14.2 Å². The van der Waals surface area contributed by atoms with Crippen molar-refractivity contribution in [2.24, 2.45) is 0 Å². The van der Waals surface area contributed by atoms with Crippen molar-refractivity contribution in [3.8, 4) is 11.5 Å². The van der Waals surface area contributed by atoms with Gasteiger partial charge >= 0.3 is 5.97 Å².